The first-order valence-electron chi connectivity index (χ1n) is 5.31. The number of aryl methyl sites for hydroxylation is 2. The van der Waals surface area contributed by atoms with E-state index >= 15 is 0 Å². The zero-order chi connectivity index (χ0) is 12.0. The molecule has 0 aliphatic carbocycles. The van der Waals surface area contributed by atoms with Crippen molar-refractivity contribution >= 4 is 33.7 Å². The van der Waals surface area contributed by atoms with Gasteiger partial charge in [-0.2, -0.15) is 0 Å². The van der Waals surface area contributed by atoms with Crippen LogP contribution in [0.2, 0.25) is 0 Å². The Bertz CT molecular complexity index is 717. The Morgan fingerprint density at radius 3 is 2.76 bits per heavy atom. The number of imidazole rings is 1. The average molecular weight is 244 g/mol. The molecule has 1 aromatic carbocycles. The summed E-state index contributed by atoms with van der Waals surface area (Å²) < 4.78 is 2.02. The second kappa shape index (κ2) is 3.70. The monoisotopic (exact) mass is 244 g/mol. The van der Waals surface area contributed by atoms with E-state index in [9.17, 15) is 0 Å². The highest BCUT2D eigenvalue weighted by atomic mass is 32.2. The van der Waals surface area contributed by atoms with E-state index in [4.69, 9.17) is 0 Å². The van der Waals surface area contributed by atoms with Crippen LogP contribution in [0.4, 0.5) is 0 Å². The van der Waals surface area contributed by atoms with E-state index in [2.05, 4.69) is 27.9 Å². The van der Waals surface area contributed by atoms with Gasteiger partial charge in [0.05, 0.1) is 22.3 Å². The number of thioether (sulfide) groups is 1. The molecule has 2 aromatic heterocycles. The Morgan fingerprint density at radius 1 is 1.18 bits per heavy atom. The first kappa shape index (κ1) is 10.5. The summed E-state index contributed by atoms with van der Waals surface area (Å²) in [5.74, 6) is 0. The number of fused-ring (bicyclic) bond motifs is 2. The van der Waals surface area contributed by atoms with Gasteiger partial charge in [0, 0.05) is 18.1 Å². The minimum atomic E-state index is 0.943. The molecule has 0 aliphatic rings. The molecule has 0 amide bonds. The summed E-state index contributed by atoms with van der Waals surface area (Å²) in [5, 5.41) is 1.15. The van der Waals surface area contributed by atoms with Gasteiger partial charge in [0.15, 0.2) is 0 Å². The van der Waals surface area contributed by atoms with Gasteiger partial charge in [-0.15, -0.1) is 11.8 Å². The van der Waals surface area contributed by atoms with E-state index in [-0.39, 0.29) is 0 Å². The normalized spacial score (nSPS) is 11.5. The molecule has 0 bridgehead atoms. The lowest BCUT2D eigenvalue weighted by molar-refractivity contribution is 0.839. The summed E-state index contributed by atoms with van der Waals surface area (Å²) >= 11 is 1.67. The molecule has 3 rings (SSSR count). The Labute approximate surface area is 103 Å². The van der Waals surface area contributed by atoms with Gasteiger partial charge in [0.1, 0.15) is 11.8 Å². The van der Waals surface area contributed by atoms with E-state index < -0.39 is 0 Å². The van der Waals surface area contributed by atoms with E-state index in [0.29, 0.717) is 0 Å². The van der Waals surface area contributed by atoms with E-state index in [0.717, 1.165) is 26.8 Å². The van der Waals surface area contributed by atoms with E-state index in [1.807, 2.05) is 24.2 Å². The predicted molar refractivity (Wildman–Crippen MR) is 70.3 cm³/mol. The van der Waals surface area contributed by atoms with Gasteiger partial charge in [0.2, 0.25) is 0 Å². The molecule has 0 fully saturated rings. The summed E-state index contributed by atoms with van der Waals surface area (Å²) in [6.45, 7) is 2.09. The summed E-state index contributed by atoms with van der Waals surface area (Å²) in [5.41, 5.74) is 4.10. The predicted octanol–water partition coefficient (Wildman–Crippen LogP) is 2.55. The molecule has 0 unspecified atom stereocenters. The molecule has 0 saturated carbocycles. The topological polar surface area (TPSA) is 43.6 Å². The molecule has 5 heteroatoms. The Morgan fingerprint density at radius 2 is 2.00 bits per heavy atom. The summed E-state index contributed by atoms with van der Waals surface area (Å²) in [7, 11) is 2.00. The molecular weight excluding hydrogens is 232 g/mol. The fourth-order valence-electron chi connectivity index (χ4n) is 2.01. The van der Waals surface area contributed by atoms with Crippen molar-refractivity contribution in [2.45, 2.75) is 11.8 Å². The molecule has 0 radical (unpaired) electrons. The fourth-order valence-corrected chi connectivity index (χ4v) is 2.72. The van der Waals surface area contributed by atoms with Gasteiger partial charge in [-0.25, -0.2) is 15.0 Å². The van der Waals surface area contributed by atoms with Crippen LogP contribution in [0.5, 0.6) is 0 Å². The molecule has 0 N–H and O–H groups in total. The quantitative estimate of drug-likeness (QED) is 0.617. The van der Waals surface area contributed by atoms with Crippen molar-refractivity contribution in [1.29, 1.82) is 0 Å². The van der Waals surface area contributed by atoms with E-state index in [1.54, 1.807) is 18.1 Å². The fraction of sp³-hybridized carbons (Fsp3) is 0.250. The molecule has 2 heterocycles. The Hall–Kier alpha value is -1.62. The molecule has 0 atom stereocenters. The highest BCUT2D eigenvalue weighted by Crippen LogP contribution is 2.32. The SMILES string of the molecule is CSc1c2ncnc2cc2c(C)n(C)cnc12. The number of aromatic nitrogens is 4. The third-order valence-corrected chi connectivity index (χ3v) is 3.87. The third-order valence-electron chi connectivity index (χ3n) is 3.08. The number of hydrogen-bond acceptors (Lipinski definition) is 4. The molecule has 86 valence electrons. The second-order valence-corrected chi connectivity index (χ2v) is 4.80. The van der Waals surface area contributed by atoms with Crippen LogP contribution in [0, 0.1) is 6.92 Å². The standard InChI is InChI=1S/C12H12N4S/c1-7-8-4-9-11(14-5-13-9)12(17-3)10(8)15-6-16(7)2/h4-6H,1-3H3. The molecule has 0 saturated heterocycles. The number of nitrogens with zero attached hydrogens (tertiary/aromatic N) is 4. The summed E-state index contributed by atoms with van der Waals surface area (Å²) in [6.07, 6.45) is 5.51. The highest BCUT2D eigenvalue weighted by Gasteiger charge is 2.12. The number of hydrogen-bond donors (Lipinski definition) is 0. The van der Waals surface area contributed by atoms with Crippen molar-refractivity contribution in [1.82, 2.24) is 19.5 Å². The third kappa shape index (κ3) is 1.42. The van der Waals surface area contributed by atoms with Crippen LogP contribution >= 0.6 is 11.8 Å². The molecular formula is C12H12N4S. The molecule has 17 heavy (non-hydrogen) atoms. The van der Waals surface area contributed by atoms with E-state index in [1.165, 1.54) is 5.69 Å². The molecule has 0 spiro atoms. The van der Waals surface area contributed by atoms with Crippen LogP contribution in [0.25, 0.3) is 21.9 Å². The minimum absolute atomic E-state index is 0.943. The van der Waals surface area contributed by atoms with Crippen LogP contribution in [-0.2, 0) is 7.05 Å². The van der Waals surface area contributed by atoms with Gasteiger partial charge in [-0.1, -0.05) is 0 Å². The van der Waals surface area contributed by atoms with Gasteiger partial charge in [0.25, 0.3) is 0 Å². The molecule has 4 nitrogen and oxygen atoms in total. The van der Waals surface area contributed by atoms with Crippen LogP contribution in [0.1, 0.15) is 5.69 Å². The largest absolute Gasteiger partial charge is 0.339 e. The number of rotatable bonds is 1. The lowest BCUT2D eigenvalue weighted by atomic mass is 10.1. The first-order valence-corrected chi connectivity index (χ1v) is 6.54. The zero-order valence-corrected chi connectivity index (χ0v) is 10.7. The zero-order valence-electron chi connectivity index (χ0n) is 9.93. The average Bonchev–Trinajstić information content (AvgIpc) is 2.79. The molecule has 0 aliphatic heterocycles. The lowest BCUT2D eigenvalue weighted by Gasteiger charge is -2.10. The van der Waals surface area contributed by atoms with Crippen molar-refractivity contribution in [3.63, 3.8) is 0 Å². The van der Waals surface area contributed by atoms with Gasteiger partial charge in [-0.05, 0) is 19.2 Å². The van der Waals surface area contributed by atoms with Gasteiger partial charge in [-0.3, -0.25) is 0 Å². The highest BCUT2D eigenvalue weighted by molar-refractivity contribution is 7.99. The second-order valence-electron chi connectivity index (χ2n) is 3.99. The maximum absolute atomic E-state index is 4.52. The smallest absolute Gasteiger partial charge is 0.116 e. The van der Waals surface area contributed by atoms with Crippen LogP contribution < -0.4 is 0 Å². The Kier molecular flexibility index (Phi) is 2.29. The summed E-state index contributed by atoms with van der Waals surface area (Å²) in [4.78, 5) is 14.2. The summed E-state index contributed by atoms with van der Waals surface area (Å²) in [6, 6.07) is 2.07. The number of benzene rings is 1. The van der Waals surface area contributed by atoms with Crippen LogP contribution in [0.3, 0.4) is 0 Å². The van der Waals surface area contributed by atoms with Gasteiger partial charge >= 0.3 is 0 Å². The van der Waals surface area contributed by atoms with Crippen LogP contribution in [-0.4, -0.2) is 25.8 Å². The first-order chi connectivity index (χ1) is 8.22. The van der Waals surface area contributed by atoms with Crippen LogP contribution in [0.15, 0.2) is 23.6 Å². The maximum atomic E-state index is 4.52. The van der Waals surface area contributed by atoms with Crippen molar-refractivity contribution < 1.29 is 0 Å². The van der Waals surface area contributed by atoms with Crippen molar-refractivity contribution in [3.05, 3.63) is 24.4 Å². The van der Waals surface area contributed by atoms with Crippen molar-refractivity contribution in [3.8, 4) is 0 Å². The maximum Gasteiger partial charge on any atom is 0.116 e. The minimum Gasteiger partial charge on any atom is -0.339 e. The van der Waals surface area contributed by atoms with Gasteiger partial charge < -0.3 is 4.57 Å². The molecule has 3 aromatic rings. The van der Waals surface area contributed by atoms with Crippen molar-refractivity contribution in [2.24, 2.45) is 7.05 Å². The Balaban J connectivity index is 2.58. The lowest BCUT2D eigenvalue weighted by Crippen LogP contribution is -1.99. The van der Waals surface area contributed by atoms with Crippen molar-refractivity contribution in [2.75, 3.05) is 6.26 Å².